The van der Waals surface area contributed by atoms with Crippen molar-refractivity contribution >= 4 is 17.5 Å². The molecule has 126 valence electrons. The van der Waals surface area contributed by atoms with Crippen molar-refractivity contribution < 1.29 is 4.79 Å². The number of carbonyl (C=O) groups is 1. The van der Waals surface area contributed by atoms with Crippen molar-refractivity contribution in [3.05, 3.63) is 41.5 Å². The Morgan fingerprint density at radius 1 is 1.25 bits per heavy atom. The molecule has 1 atom stereocenters. The number of pyridine rings is 1. The van der Waals surface area contributed by atoms with E-state index < -0.39 is 0 Å². The Kier molecular flexibility index (Phi) is 4.71. The molecule has 0 bridgehead atoms. The summed E-state index contributed by atoms with van der Waals surface area (Å²) in [6.07, 6.45) is 1.94. The minimum atomic E-state index is -0.322. The molecule has 3 heterocycles. The van der Waals surface area contributed by atoms with Crippen LogP contribution in [0.2, 0.25) is 0 Å². The van der Waals surface area contributed by atoms with Gasteiger partial charge in [0.05, 0.1) is 12.6 Å². The normalized spacial score (nSPS) is 17.8. The van der Waals surface area contributed by atoms with Gasteiger partial charge in [0.15, 0.2) is 0 Å². The maximum Gasteiger partial charge on any atom is 0.231 e. The summed E-state index contributed by atoms with van der Waals surface area (Å²) in [5, 5.41) is 3.23. The molecule has 0 saturated carbocycles. The van der Waals surface area contributed by atoms with E-state index in [9.17, 15) is 4.79 Å². The monoisotopic (exact) mass is 326 g/mol. The van der Waals surface area contributed by atoms with Crippen LogP contribution in [0.25, 0.3) is 0 Å². The number of amides is 1. The second-order valence-electron chi connectivity index (χ2n) is 6.14. The third-order valence-electron chi connectivity index (χ3n) is 4.04. The number of rotatable bonds is 5. The lowest BCUT2D eigenvalue weighted by Gasteiger charge is -2.22. The molecule has 0 aliphatic carbocycles. The van der Waals surface area contributed by atoms with E-state index in [-0.39, 0.29) is 18.5 Å². The van der Waals surface area contributed by atoms with Gasteiger partial charge in [-0.15, -0.1) is 0 Å². The fourth-order valence-corrected chi connectivity index (χ4v) is 3.06. The number of aromatic nitrogens is 3. The van der Waals surface area contributed by atoms with Crippen molar-refractivity contribution in [2.24, 2.45) is 5.73 Å². The van der Waals surface area contributed by atoms with Gasteiger partial charge in [0.1, 0.15) is 17.5 Å². The van der Waals surface area contributed by atoms with Gasteiger partial charge in [0, 0.05) is 17.5 Å². The van der Waals surface area contributed by atoms with Crippen LogP contribution >= 0.6 is 0 Å². The molecule has 7 heteroatoms. The van der Waals surface area contributed by atoms with E-state index in [1.165, 1.54) is 0 Å². The van der Waals surface area contributed by atoms with Gasteiger partial charge in [-0.2, -0.15) is 0 Å². The molecule has 0 aromatic carbocycles. The molecule has 2 aromatic heterocycles. The first kappa shape index (κ1) is 16.3. The predicted octanol–water partition coefficient (Wildman–Crippen LogP) is 1.85. The number of anilines is 2. The van der Waals surface area contributed by atoms with Crippen LogP contribution in [0.15, 0.2) is 24.3 Å². The summed E-state index contributed by atoms with van der Waals surface area (Å²) < 4.78 is 0. The van der Waals surface area contributed by atoms with Crippen molar-refractivity contribution in [2.45, 2.75) is 32.7 Å². The fourth-order valence-electron chi connectivity index (χ4n) is 3.06. The number of carbonyl (C=O) groups excluding carboxylic acids is 1. The Balaban J connectivity index is 1.84. The predicted molar refractivity (Wildman–Crippen MR) is 91.8 cm³/mol. The quantitative estimate of drug-likeness (QED) is 0.870. The van der Waals surface area contributed by atoms with Crippen LogP contribution in [-0.4, -0.2) is 38.8 Å². The molecule has 1 amide bonds. The van der Waals surface area contributed by atoms with E-state index in [0.717, 1.165) is 42.4 Å². The number of aryl methyl sites for hydroxylation is 2. The van der Waals surface area contributed by atoms with Crippen molar-refractivity contribution in [3.8, 4) is 0 Å². The molecular weight excluding hydrogens is 304 g/mol. The summed E-state index contributed by atoms with van der Waals surface area (Å²) in [5.41, 5.74) is 7.16. The van der Waals surface area contributed by atoms with Crippen LogP contribution in [0.4, 0.5) is 11.6 Å². The van der Waals surface area contributed by atoms with E-state index >= 15 is 0 Å². The van der Waals surface area contributed by atoms with Gasteiger partial charge in [-0.3, -0.25) is 9.69 Å². The number of nitrogens with two attached hydrogens (primary N) is 1. The average molecular weight is 326 g/mol. The first-order valence-electron chi connectivity index (χ1n) is 8.10. The Hall–Kier alpha value is -2.54. The van der Waals surface area contributed by atoms with E-state index in [4.69, 9.17) is 5.73 Å². The maximum atomic E-state index is 11.3. The summed E-state index contributed by atoms with van der Waals surface area (Å²) >= 11 is 0. The molecule has 2 aromatic rings. The third kappa shape index (κ3) is 3.86. The number of likely N-dealkylation sites (tertiary alicyclic amines) is 1. The van der Waals surface area contributed by atoms with Crippen molar-refractivity contribution in [1.29, 1.82) is 0 Å². The average Bonchev–Trinajstić information content (AvgIpc) is 2.94. The second-order valence-corrected chi connectivity index (χ2v) is 6.14. The molecule has 3 rings (SSSR count). The summed E-state index contributed by atoms with van der Waals surface area (Å²) in [7, 11) is 0. The highest BCUT2D eigenvalue weighted by molar-refractivity contribution is 5.76. The highest BCUT2D eigenvalue weighted by Crippen LogP contribution is 2.30. The van der Waals surface area contributed by atoms with Crippen molar-refractivity contribution in [1.82, 2.24) is 19.9 Å². The molecule has 1 aliphatic heterocycles. The second kappa shape index (κ2) is 6.92. The number of nitrogens with one attached hydrogen (secondary N) is 1. The molecule has 24 heavy (non-hydrogen) atoms. The Morgan fingerprint density at radius 3 is 2.83 bits per heavy atom. The van der Waals surface area contributed by atoms with Crippen LogP contribution in [0.3, 0.4) is 0 Å². The van der Waals surface area contributed by atoms with E-state index in [2.05, 4.69) is 20.3 Å². The summed E-state index contributed by atoms with van der Waals surface area (Å²) in [6, 6.07) is 7.72. The molecule has 1 fully saturated rings. The first-order chi connectivity index (χ1) is 11.5. The molecule has 7 nitrogen and oxygen atoms in total. The lowest BCUT2D eigenvalue weighted by molar-refractivity contribution is -0.119. The minimum Gasteiger partial charge on any atom is -0.369 e. The molecule has 3 N–H and O–H groups in total. The Bertz CT molecular complexity index is 748. The zero-order valence-corrected chi connectivity index (χ0v) is 14.0. The summed E-state index contributed by atoms with van der Waals surface area (Å²) in [4.78, 5) is 27.0. The zero-order valence-electron chi connectivity index (χ0n) is 14.0. The van der Waals surface area contributed by atoms with Gasteiger partial charge >= 0.3 is 0 Å². The first-order valence-corrected chi connectivity index (χ1v) is 8.10. The van der Waals surface area contributed by atoms with E-state index in [1.807, 2.05) is 43.0 Å². The molecule has 0 unspecified atom stereocenters. The van der Waals surface area contributed by atoms with Gasteiger partial charge in [0.25, 0.3) is 0 Å². The van der Waals surface area contributed by atoms with Crippen LogP contribution in [0.5, 0.6) is 0 Å². The lowest BCUT2D eigenvalue weighted by Crippen LogP contribution is -2.34. The van der Waals surface area contributed by atoms with E-state index in [0.29, 0.717) is 5.82 Å². The van der Waals surface area contributed by atoms with Crippen molar-refractivity contribution in [3.63, 3.8) is 0 Å². The number of primary amides is 1. The highest BCUT2D eigenvalue weighted by Gasteiger charge is 2.29. The van der Waals surface area contributed by atoms with Crippen LogP contribution < -0.4 is 11.1 Å². The maximum absolute atomic E-state index is 11.3. The zero-order chi connectivity index (χ0) is 17.1. The standard InChI is InChI=1S/C17H22N6O/c1-11-5-3-7-15(19-11)21-16-9-12(2)20-17(22-16)13-6-4-8-23(13)10-14(18)24/h3,5,7,9,13H,4,6,8,10H2,1-2H3,(H2,18,24)(H,19,20,21,22)/t13-/m1/s1. The molecule has 0 spiro atoms. The number of hydrogen-bond donors (Lipinski definition) is 2. The summed E-state index contributed by atoms with van der Waals surface area (Å²) in [5.74, 6) is 1.86. The topological polar surface area (TPSA) is 97.0 Å². The van der Waals surface area contributed by atoms with Crippen LogP contribution in [0, 0.1) is 13.8 Å². The van der Waals surface area contributed by atoms with Gasteiger partial charge in [0.2, 0.25) is 5.91 Å². The highest BCUT2D eigenvalue weighted by atomic mass is 16.1. The molecule has 1 saturated heterocycles. The largest absolute Gasteiger partial charge is 0.369 e. The Labute approximate surface area is 141 Å². The third-order valence-corrected chi connectivity index (χ3v) is 4.04. The SMILES string of the molecule is Cc1cccc(Nc2cc(C)nc([C@H]3CCCN3CC(N)=O)n2)n1. The van der Waals surface area contributed by atoms with Crippen molar-refractivity contribution in [2.75, 3.05) is 18.4 Å². The minimum absolute atomic E-state index is 0.0309. The van der Waals surface area contributed by atoms with Crippen LogP contribution in [0.1, 0.15) is 36.1 Å². The number of hydrogen-bond acceptors (Lipinski definition) is 6. The van der Waals surface area contributed by atoms with Gasteiger partial charge in [-0.05, 0) is 45.4 Å². The summed E-state index contributed by atoms with van der Waals surface area (Å²) in [6.45, 7) is 4.97. The Morgan fingerprint density at radius 2 is 2.08 bits per heavy atom. The smallest absolute Gasteiger partial charge is 0.231 e. The van der Waals surface area contributed by atoms with Crippen LogP contribution in [-0.2, 0) is 4.79 Å². The molecular formula is C17H22N6O. The molecule has 1 aliphatic rings. The molecule has 0 radical (unpaired) electrons. The number of nitrogens with zero attached hydrogens (tertiary/aromatic N) is 4. The van der Waals surface area contributed by atoms with Gasteiger partial charge < -0.3 is 11.1 Å². The van der Waals surface area contributed by atoms with Gasteiger partial charge in [-0.25, -0.2) is 15.0 Å². The van der Waals surface area contributed by atoms with Gasteiger partial charge in [-0.1, -0.05) is 6.07 Å². The fraction of sp³-hybridized carbons (Fsp3) is 0.412. The lowest BCUT2D eigenvalue weighted by atomic mass is 10.2. The van der Waals surface area contributed by atoms with E-state index in [1.54, 1.807) is 0 Å².